The Morgan fingerprint density at radius 3 is 2.93 bits per heavy atom. The van der Waals surface area contributed by atoms with Gasteiger partial charge in [0.2, 0.25) is 5.91 Å². The van der Waals surface area contributed by atoms with Crippen molar-refractivity contribution in [3.63, 3.8) is 0 Å². The van der Waals surface area contributed by atoms with Gasteiger partial charge in [0.15, 0.2) is 0 Å². The molecule has 0 radical (unpaired) electrons. The van der Waals surface area contributed by atoms with Crippen LogP contribution in [0.2, 0.25) is 0 Å². The Morgan fingerprint density at radius 2 is 2.36 bits per heavy atom. The van der Waals surface area contributed by atoms with Gasteiger partial charge in [0.25, 0.3) is 0 Å². The highest BCUT2D eigenvalue weighted by Gasteiger charge is 2.17. The number of hydrogen-bond donors (Lipinski definition) is 3. The van der Waals surface area contributed by atoms with E-state index in [1.807, 2.05) is 0 Å². The molecule has 0 aromatic heterocycles. The van der Waals surface area contributed by atoms with Crippen molar-refractivity contribution < 1.29 is 9.59 Å². The maximum atomic E-state index is 11.1. The minimum absolute atomic E-state index is 0.0123. The van der Waals surface area contributed by atoms with Crippen LogP contribution in [-0.2, 0) is 4.79 Å². The number of nitrogens with one attached hydrogen (secondary N) is 2. The van der Waals surface area contributed by atoms with Gasteiger partial charge in [-0.1, -0.05) is 0 Å². The van der Waals surface area contributed by atoms with Crippen molar-refractivity contribution >= 4 is 11.9 Å². The van der Waals surface area contributed by atoms with Crippen LogP contribution in [0.15, 0.2) is 0 Å². The Hall–Kier alpha value is -1.30. The van der Waals surface area contributed by atoms with E-state index >= 15 is 0 Å². The largest absolute Gasteiger partial charge is 0.370 e. The molecule has 6 nitrogen and oxygen atoms in total. The fourth-order valence-corrected chi connectivity index (χ4v) is 1.28. The highest BCUT2D eigenvalue weighted by Crippen LogP contribution is 1.94. The lowest BCUT2D eigenvalue weighted by Gasteiger charge is -2.13. The predicted octanol–water partition coefficient (Wildman–Crippen LogP) is -1.52. The molecule has 0 spiro atoms. The molecule has 0 unspecified atom stereocenters. The summed E-state index contributed by atoms with van der Waals surface area (Å²) in [5, 5.41) is 5.76. The molecule has 1 saturated heterocycles. The van der Waals surface area contributed by atoms with Crippen LogP contribution in [0.5, 0.6) is 0 Å². The molecule has 14 heavy (non-hydrogen) atoms. The van der Waals surface area contributed by atoms with E-state index in [1.165, 1.54) is 0 Å². The van der Waals surface area contributed by atoms with Gasteiger partial charge in [-0.15, -0.1) is 0 Å². The Kier molecular flexibility index (Phi) is 4.18. The summed E-state index contributed by atoms with van der Waals surface area (Å²) in [4.78, 5) is 23.2. The van der Waals surface area contributed by atoms with Crippen LogP contribution in [0, 0.1) is 0 Å². The molecule has 0 aromatic carbocycles. The number of nitrogens with zero attached hydrogens (tertiary/aromatic N) is 1. The Bertz CT molecular complexity index is 219. The number of carbonyl (C=O) groups excluding carboxylic acids is 2. The second kappa shape index (κ2) is 5.43. The van der Waals surface area contributed by atoms with E-state index in [-0.39, 0.29) is 11.9 Å². The summed E-state index contributed by atoms with van der Waals surface area (Å²) in [6.07, 6.45) is 0.339. The molecule has 1 rings (SSSR count). The molecule has 1 fully saturated rings. The molecule has 1 aliphatic rings. The SMILES string of the molecule is NC(=O)CCNCCN1CCNC1=O. The van der Waals surface area contributed by atoms with Gasteiger partial charge in [0, 0.05) is 39.1 Å². The van der Waals surface area contributed by atoms with Gasteiger partial charge >= 0.3 is 6.03 Å². The van der Waals surface area contributed by atoms with Crippen molar-refractivity contribution in [2.24, 2.45) is 5.73 Å². The zero-order valence-corrected chi connectivity index (χ0v) is 8.08. The first kappa shape index (κ1) is 10.8. The second-order valence-corrected chi connectivity index (χ2v) is 3.19. The van der Waals surface area contributed by atoms with Crippen molar-refractivity contribution in [2.45, 2.75) is 6.42 Å². The summed E-state index contributed by atoms with van der Waals surface area (Å²) in [5.74, 6) is -0.309. The highest BCUT2D eigenvalue weighted by molar-refractivity contribution is 5.76. The minimum Gasteiger partial charge on any atom is -0.370 e. The van der Waals surface area contributed by atoms with E-state index < -0.39 is 0 Å². The molecule has 0 bridgehead atoms. The Balaban J connectivity index is 1.98. The van der Waals surface area contributed by atoms with Crippen LogP contribution in [0.1, 0.15) is 6.42 Å². The van der Waals surface area contributed by atoms with Crippen molar-refractivity contribution in [3.8, 4) is 0 Å². The van der Waals surface area contributed by atoms with Crippen molar-refractivity contribution in [1.82, 2.24) is 15.5 Å². The standard InChI is InChI=1S/C8H16N4O2/c9-7(13)1-2-10-3-5-12-6-4-11-8(12)14/h10H,1-6H2,(H2,9,13)(H,11,14). The molecule has 80 valence electrons. The molecule has 6 heteroatoms. The van der Waals surface area contributed by atoms with E-state index in [9.17, 15) is 9.59 Å². The molecule has 0 aliphatic carbocycles. The third-order valence-corrected chi connectivity index (χ3v) is 2.05. The van der Waals surface area contributed by atoms with E-state index in [1.54, 1.807) is 4.90 Å². The van der Waals surface area contributed by atoms with Crippen molar-refractivity contribution in [1.29, 1.82) is 0 Å². The Morgan fingerprint density at radius 1 is 1.57 bits per heavy atom. The van der Waals surface area contributed by atoms with Gasteiger partial charge < -0.3 is 21.3 Å². The van der Waals surface area contributed by atoms with Crippen LogP contribution < -0.4 is 16.4 Å². The minimum atomic E-state index is -0.309. The van der Waals surface area contributed by atoms with Gasteiger partial charge in [0.1, 0.15) is 0 Å². The van der Waals surface area contributed by atoms with Crippen LogP contribution in [0.4, 0.5) is 4.79 Å². The van der Waals surface area contributed by atoms with Crippen LogP contribution in [-0.4, -0.2) is 49.6 Å². The summed E-state index contributed by atoms with van der Waals surface area (Å²) in [5.41, 5.74) is 4.97. The lowest BCUT2D eigenvalue weighted by atomic mass is 10.4. The summed E-state index contributed by atoms with van der Waals surface area (Å²) in [6.45, 7) is 3.42. The number of nitrogens with two attached hydrogens (primary N) is 1. The van der Waals surface area contributed by atoms with E-state index in [2.05, 4.69) is 10.6 Å². The van der Waals surface area contributed by atoms with E-state index in [0.29, 0.717) is 26.1 Å². The normalized spacial score (nSPS) is 15.7. The molecular formula is C8H16N4O2. The summed E-state index contributed by atoms with van der Waals surface area (Å²) in [6, 6.07) is -0.0123. The molecule has 0 saturated carbocycles. The zero-order valence-electron chi connectivity index (χ0n) is 8.08. The fourth-order valence-electron chi connectivity index (χ4n) is 1.28. The molecule has 1 heterocycles. The molecule has 1 aliphatic heterocycles. The van der Waals surface area contributed by atoms with Crippen molar-refractivity contribution in [2.75, 3.05) is 32.7 Å². The lowest BCUT2D eigenvalue weighted by Crippen LogP contribution is -2.35. The number of hydrogen-bond acceptors (Lipinski definition) is 3. The average molecular weight is 200 g/mol. The maximum Gasteiger partial charge on any atom is 0.317 e. The molecule has 0 atom stereocenters. The molecule has 0 aromatic rings. The van der Waals surface area contributed by atoms with E-state index in [0.717, 1.165) is 13.1 Å². The van der Waals surface area contributed by atoms with Crippen LogP contribution >= 0.6 is 0 Å². The summed E-state index contributed by atoms with van der Waals surface area (Å²) >= 11 is 0. The highest BCUT2D eigenvalue weighted by atomic mass is 16.2. The van der Waals surface area contributed by atoms with Crippen LogP contribution in [0.25, 0.3) is 0 Å². The topological polar surface area (TPSA) is 87.5 Å². The summed E-state index contributed by atoms with van der Waals surface area (Å²) in [7, 11) is 0. The fraction of sp³-hybridized carbons (Fsp3) is 0.750. The van der Waals surface area contributed by atoms with Gasteiger partial charge in [-0.3, -0.25) is 4.79 Å². The summed E-state index contributed by atoms with van der Waals surface area (Å²) < 4.78 is 0. The number of carbonyl (C=O) groups is 2. The first-order valence-electron chi connectivity index (χ1n) is 4.72. The van der Waals surface area contributed by atoms with Crippen LogP contribution in [0.3, 0.4) is 0 Å². The second-order valence-electron chi connectivity index (χ2n) is 3.19. The lowest BCUT2D eigenvalue weighted by molar-refractivity contribution is -0.117. The number of primary amides is 1. The smallest absolute Gasteiger partial charge is 0.317 e. The predicted molar refractivity (Wildman–Crippen MR) is 51.7 cm³/mol. The maximum absolute atomic E-state index is 11.1. The Labute approximate surface area is 82.8 Å². The number of amides is 3. The van der Waals surface area contributed by atoms with Gasteiger partial charge in [-0.2, -0.15) is 0 Å². The number of rotatable bonds is 6. The average Bonchev–Trinajstić information content (AvgIpc) is 2.51. The number of urea groups is 1. The van der Waals surface area contributed by atoms with Crippen molar-refractivity contribution in [3.05, 3.63) is 0 Å². The quantitative estimate of drug-likeness (QED) is 0.455. The molecule has 3 amide bonds. The molecular weight excluding hydrogens is 184 g/mol. The first-order chi connectivity index (χ1) is 6.70. The van der Waals surface area contributed by atoms with E-state index in [4.69, 9.17) is 5.73 Å². The van der Waals surface area contributed by atoms with Gasteiger partial charge in [-0.05, 0) is 0 Å². The first-order valence-corrected chi connectivity index (χ1v) is 4.72. The zero-order chi connectivity index (χ0) is 10.4. The third-order valence-electron chi connectivity index (χ3n) is 2.05. The third kappa shape index (κ3) is 3.61. The van der Waals surface area contributed by atoms with Gasteiger partial charge in [0.05, 0.1) is 0 Å². The van der Waals surface area contributed by atoms with Gasteiger partial charge in [-0.25, -0.2) is 4.79 Å². The monoisotopic (exact) mass is 200 g/mol. The molecule has 4 N–H and O–H groups in total.